The normalized spacial score (nSPS) is 10.7. The van der Waals surface area contributed by atoms with Crippen LogP contribution in [-0.4, -0.2) is 11.0 Å². The molecule has 0 aliphatic carbocycles. The largest absolute Gasteiger partial charge is 0.545 e. The second-order valence-electron chi connectivity index (χ2n) is 4.37. The number of nitrogens with zero attached hydrogens (tertiary/aromatic N) is 1. The number of carbonyl (C=O) groups is 1. The first-order chi connectivity index (χ1) is 9.65. The zero-order valence-corrected chi connectivity index (χ0v) is 11.1. The zero-order valence-electron chi connectivity index (χ0n) is 10.3. The number of benzene rings is 2. The quantitative estimate of drug-likeness (QED) is 0.726. The molecule has 0 unspecified atom stereocenters. The maximum Gasteiger partial charge on any atom is 0.0722 e. The Balaban J connectivity index is 2.27. The smallest absolute Gasteiger partial charge is 0.0722 e. The molecular weight excluding hydrogens is 274 g/mol. The predicted octanol–water partition coefficient (Wildman–Crippen LogP) is 2.92. The summed E-state index contributed by atoms with van der Waals surface area (Å²) in [7, 11) is 0. The number of pyridine rings is 1. The summed E-state index contributed by atoms with van der Waals surface area (Å²) < 4.78 is 0. The van der Waals surface area contributed by atoms with Crippen LogP contribution in [0.2, 0.25) is 5.02 Å². The number of hydrogen-bond acceptors (Lipinski definition) is 3. The van der Waals surface area contributed by atoms with Crippen molar-refractivity contribution in [1.82, 2.24) is 4.98 Å². The topological polar surface area (TPSA) is 53.0 Å². The third-order valence-corrected chi connectivity index (χ3v) is 3.33. The van der Waals surface area contributed by atoms with Gasteiger partial charge in [-0.15, -0.1) is 0 Å². The van der Waals surface area contributed by atoms with E-state index in [1.54, 1.807) is 42.5 Å². The van der Waals surface area contributed by atoms with E-state index in [0.29, 0.717) is 21.6 Å². The number of hydrogen-bond donors (Lipinski definition) is 0. The summed E-state index contributed by atoms with van der Waals surface area (Å²) in [5.74, 6) is -1.21. The summed E-state index contributed by atoms with van der Waals surface area (Å²) in [5, 5.41) is 12.5. The molecule has 3 rings (SSSR count). The van der Waals surface area contributed by atoms with Gasteiger partial charge in [-0.05, 0) is 24.3 Å². The molecule has 3 nitrogen and oxygen atoms in total. The predicted molar refractivity (Wildman–Crippen MR) is 76.5 cm³/mol. The fraction of sp³-hybridized carbons (Fsp3) is 0. The second kappa shape index (κ2) is 4.94. The lowest BCUT2D eigenvalue weighted by Gasteiger charge is -2.10. The number of aromatic carboxylic acids is 1. The van der Waals surface area contributed by atoms with Crippen LogP contribution in [-0.2, 0) is 0 Å². The van der Waals surface area contributed by atoms with Crippen molar-refractivity contribution < 1.29 is 9.90 Å². The number of carboxylic acids is 1. The molecule has 0 N–H and O–H groups in total. The summed E-state index contributed by atoms with van der Waals surface area (Å²) in [6.45, 7) is 0. The van der Waals surface area contributed by atoms with Crippen molar-refractivity contribution in [3.05, 3.63) is 65.2 Å². The van der Waals surface area contributed by atoms with Crippen molar-refractivity contribution in [2.75, 3.05) is 0 Å². The first-order valence-electron chi connectivity index (χ1n) is 6.02. The minimum atomic E-state index is -1.21. The van der Waals surface area contributed by atoms with Crippen molar-refractivity contribution >= 4 is 28.5 Å². The van der Waals surface area contributed by atoms with E-state index in [2.05, 4.69) is 4.98 Å². The van der Waals surface area contributed by atoms with Gasteiger partial charge in [-0.1, -0.05) is 41.9 Å². The van der Waals surface area contributed by atoms with Gasteiger partial charge in [0, 0.05) is 21.5 Å². The Morgan fingerprint density at radius 3 is 2.45 bits per heavy atom. The van der Waals surface area contributed by atoms with Crippen LogP contribution in [0.1, 0.15) is 10.4 Å². The van der Waals surface area contributed by atoms with Crippen LogP contribution >= 0.6 is 11.6 Å². The highest BCUT2D eigenvalue weighted by atomic mass is 35.5. The van der Waals surface area contributed by atoms with Crippen LogP contribution < -0.4 is 5.11 Å². The average Bonchev–Trinajstić information content (AvgIpc) is 2.46. The Bertz CT molecular complexity index is 797. The van der Waals surface area contributed by atoms with Crippen molar-refractivity contribution in [1.29, 1.82) is 0 Å². The highest BCUT2D eigenvalue weighted by molar-refractivity contribution is 6.30. The Morgan fingerprint density at radius 2 is 1.75 bits per heavy atom. The number of fused-ring (bicyclic) bond motifs is 1. The van der Waals surface area contributed by atoms with E-state index in [0.717, 1.165) is 5.56 Å². The fourth-order valence-corrected chi connectivity index (χ4v) is 2.24. The van der Waals surface area contributed by atoms with E-state index in [-0.39, 0.29) is 5.56 Å². The Labute approximate surface area is 120 Å². The van der Waals surface area contributed by atoms with E-state index in [1.165, 1.54) is 6.07 Å². The van der Waals surface area contributed by atoms with E-state index >= 15 is 0 Å². The standard InChI is InChI=1S/C16H10ClNO2/c17-11-7-5-10(6-8-11)15-9-13(16(19)20)12-3-1-2-4-14(12)18-15/h1-9H,(H,19,20)/p-1. The maximum absolute atomic E-state index is 11.3. The Morgan fingerprint density at radius 1 is 1.05 bits per heavy atom. The van der Waals surface area contributed by atoms with E-state index < -0.39 is 5.97 Å². The number of aromatic nitrogens is 1. The molecule has 0 radical (unpaired) electrons. The fourth-order valence-electron chi connectivity index (χ4n) is 2.11. The lowest BCUT2D eigenvalue weighted by atomic mass is 10.0. The van der Waals surface area contributed by atoms with Gasteiger partial charge in [-0.25, -0.2) is 4.98 Å². The molecule has 0 spiro atoms. The summed E-state index contributed by atoms with van der Waals surface area (Å²) >= 11 is 5.85. The first kappa shape index (κ1) is 12.6. The Kier molecular flexibility index (Phi) is 3.12. The van der Waals surface area contributed by atoms with Gasteiger partial charge in [0.05, 0.1) is 17.2 Å². The summed E-state index contributed by atoms with van der Waals surface area (Å²) in [5.41, 5.74) is 2.15. The molecule has 0 aliphatic heterocycles. The van der Waals surface area contributed by atoms with E-state index in [1.807, 2.05) is 6.07 Å². The molecule has 0 fully saturated rings. The van der Waals surface area contributed by atoms with Gasteiger partial charge in [0.15, 0.2) is 0 Å². The number of rotatable bonds is 2. The van der Waals surface area contributed by atoms with Gasteiger partial charge in [-0.2, -0.15) is 0 Å². The molecule has 3 aromatic rings. The van der Waals surface area contributed by atoms with Crippen LogP contribution in [0.4, 0.5) is 0 Å². The van der Waals surface area contributed by atoms with Crippen LogP contribution in [0, 0.1) is 0 Å². The molecule has 0 bridgehead atoms. The van der Waals surface area contributed by atoms with Crippen molar-refractivity contribution in [2.24, 2.45) is 0 Å². The number of para-hydroxylation sites is 1. The molecular formula is C16H9ClNO2-. The second-order valence-corrected chi connectivity index (χ2v) is 4.80. The van der Waals surface area contributed by atoms with Crippen molar-refractivity contribution in [3.63, 3.8) is 0 Å². The van der Waals surface area contributed by atoms with Crippen LogP contribution in [0.5, 0.6) is 0 Å². The molecule has 2 aromatic carbocycles. The minimum Gasteiger partial charge on any atom is -0.545 e. The van der Waals surface area contributed by atoms with Crippen LogP contribution in [0.3, 0.4) is 0 Å². The lowest BCUT2D eigenvalue weighted by molar-refractivity contribution is -0.254. The summed E-state index contributed by atoms with van der Waals surface area (Å²) in [6, 6.07) is 15.7. The van der Waals surface area contributed by atoms with Crippen molar-refractivity contribution in [3.8, 4) is 11.3 Å². The zero-order chi connectivity index (χ0) is 14.1. The Hall–Kier alpha value is -2.39. The third kappa shape index (κ3) is 2.24. The highest BCUT2D eigenvalue weighted by Gasteiger charge is 2.08. The van der Waals surface area contributed by atoms with Gasteiger partial charge in [-0.3, -0.25) is 0 Å². The molecule has 1 aromatic heterocycles. The molecule has 20 heavy (non-hydrogen) atoms. The van der Waals surface area contributed by atoms with E-state index in [4.69, 9.17) is 11.6 Å². The van der Waals surface area contributed by atoms with Crippen LogP contribution in [0.25, 0.3) is 22.2 Å². The maximum atomic E-state index is 11.3. The number of carboxylic acid groups (broad SMARTS) is 1. The van der Waals surface area contributed by atoms with Gasteiger partial charge in [0.25, 0.3) is 0 Å². The van der Waals surface area contributed by atoms with Gasteiger partial charge in [0.2, 0.25) is 0 Å². The molecule has 4 heteroatoms. The minimum absolute atomic E-state index is 0.139. The van der Waals surface area contributed by atoms with Gasteiger partial charge < -0.3 is 9.90 Å². The SMILES string of the molecule is O=C([O-])c1cc(-c2ccc(Cl)cc2)nc2ccccc12. The van der Waals surface area contributed by atoms with Gasteiger partial charge in [0.1, 0.15) is 0 Å². The molecule has 0 atom stereocenters. The third-order valence-electron chi connectivity index (χ3n) is 3.08. The molecule has 1 heterocycles. The molecule has 0 aliphatic rings. The first-order valence-corrected chi connectivity index (χ1v) is 6.40. The monoisotopic (exact) mass is 282 g/mol. The number of halogens is 1. The lowest BCUT2D eigenvalue weighted by Crippen LogP contribution is -2.22. The highest BCUT2D eigenvalue weighted by Crippen LogP contribution is 2.25. The van der Waals surface area contributed by atoms with Gasteiger partial charge >= 0.3 is 0 Å². The molecule has 0 amide bonds. The summed E-state index contributed by atoms with van der Waals surface area (Å²) in [6.07, 6.45) is 0. The summed E-state index contributed by atoms with van der Waals surface area (Å²) in [4.78, 5) is 15.8. The molecule has 0 saturated heterocycles. The average molecular weight is 283 g/mol. The number of carbonyl (C=O) groups excluding carboxylic acids is 1. The molecule has 0 saturated carbocycles. The van der Waals surface area contributed by atoms with Crippen molar-refractivity contribution in [2.45, 2.75) is 0 Å². The van der Waals surface area contributed by atoms with E-state index in [9.17, 15) is 9.90 Å². The molecule has 98 valence electrons. The van der Waals surface area contributed by atoms with Crippen LogP contribution in [0.15, 0.2) is 54.6 Å².